The van der Waals surface area contributed by atoms with Gasteiger partial charge in [0.25, 0.3) is 0 Å². The summed E-state index contributed by atoms with van der Waals surface area (Å²) in [5.74, 6) is -0.0832. The highest BCUT2D eigenvalue weighted by molar-refractivity contribution is 14.1. The molecule has 14 heavy (non-hydrogen) atoms. The van der Waals surface area contributed by atoms with Gasteiger partial charge in [-0.15, -0.1) is 4.37 Å². The molecule has 0 spiro atoms. The van der Waals surface area contributed by atoms with E-state index in [4.69, 9.17) is 4.42 Å². The smallest absolute Gasteiger partial charge is 0.394 e. The summed E-state index contributed by atoms with van der Waals surface area (Å²) in [6, 6.07) is 4.20. The van der Waals surface area contributed by atoms with Crippen LogP contribution in [0.3, 0.4) is 0 Å². The number of rotatable bonds is 1. The summed E-state index contributed by atoms with van der Waals surface area (Å²) in [7, 11) is 0. The number of hydrogen-bond donors (Lipinski definition) is 0. The van der Waals surface area contributed by atoms with Gasteiger partial charge in [-0.25, -0.2) is 9.18 Å². The van der Waals surface area contributed by atoms with Gasteiger partial charge in [0.1, 0.15) is 5.82 Å². The average Bonchev–Trinajstić information content (AvgIpc) is 2.51. The van der Waals surface area contributed by atoms with Crippen LogP contribution in [0.25, 0.3) is 11.5 Å². The van der Waals surface area contributed by atoms with E-state index in [2.05, 4.69) is 4.37 Å². The van der Waals surface area contributed by atoms with Gasteiger partial charge in [0, 0.05) is 3.57 Å². The van der Waals surface area contributed by atoms with E-state index < -0.39 is 4.94 Å². The first kappa shape index (κ1) is 9.78. The predicted molar refractivity (Wildman–Crippen MR) is 58.8 cm³/mol. The van der Waals surface area contributed by atoms with E-state index in [0.29, 0.717) is 9.13 Å². The zero-order chi connectivity index (χ0) is 10.1. The molecule has 0 aliphatic rings. The quantitative estimate of drug-likeness (QED) is 0.758. The van der Waals surface area contributed by atoms with Gasteiger partial charge >= 0.3 is 4.94 Å². The SMILES string of the molecule is O=c1oc(-c2ccc(F)cc2I)ns1. The number of nitrogens with zero attached hydrogens (tertiary/aromatic N) is 1. The summed E-state index contributed by atoms with van der Waals surface area (Å²) >= 11 is 2.70. The lowest BCUT2D eigenvalue weighted by Crippen LogP contribution is -1.86. The molecule has 0 fully saturated rings. The van der Waals surface area contributed by atoms with Crippen molar-refractivity contribution in [2.75, 3.05) is 0 Å². The molecule has 0 bridgehead atoms. The molecule has 0 saturated heterocycles. The Bertz CT molecular complexity index is 522. The summed E-state index contributed by atoms with van der Waals surface area (Å²) in [4.78, 5) is 10.3. The third-order valence-corrected chi connectivity index (χ3v) is 2.93. The first-order valence-electron chi connectivity index (χ1n) is 3.59. The summed E-state index contributed by atoms with van der Waals surface area (Å²) in [5, 5.41) is 0. The van der Waals surface area contributed by atoms with Crippen molar-refractivity contribution in [3.8, 4) is 11.5 Å². The van der Waals surface area contributed by atoms with Crippen molar-refractivity contribution < 1.29 is 8.81 Å². The van der Waals surface area contributed by atoms with Crippen LogP contribution in [0.4, 0.5) is 4.39 Å². The van der Waals surface area contributed by atoms with Gasteiger partial charge in [-0.05, 0) is 40.8 Å². The monoisotopic (exact) mass is 323 g/mol. The van der Waals surface area contributed by atoms with Gasteiger partial charge in [-0.2, -0.15) is 0 Å². The lowest BCUT2D eigenvalue weighted by atomic mass is 10.2. The van der Waals surface area contributed by atoms with Crippen molar-refractivity contribution in [1.82, 2.24) is 4.37 Å². The van der Waals surface area contributed by atoms with E-state index in [0.717, 1.165) is 11.5 Å². The van der Waals surface area contributed by atoms with E-state index >= 15 is 0 Å². The Kier molecular flexibility index (Phi) is 2.64. The molecule has 0 unspecified atom stereocenters. The fourth-order valence-corrected chi connectivity index (χ4v) is 2.08. The Labute approximate surface area is 95.9 Å². The lowest BCUT2D eigenvalue weighted by molar-refractivity contribution is 0.542. The number of benzene rings is 1. The Morgan fingerprint density at radius 3 is 2.86 bits per heavy atom. The second-order valence-corrected chi connectivity index (χ2v) is 4.32. The van der Waals surface area contributed by atoms with Crippen LogP contribution in [-0.4, -0.2) is 4.37 Å². The summed E-state index contributed by atoms with van der Waals surface area (Å²) < 4.78 is 22.0. The van der Waals surface area contributed by atoms with Crippen LogP contribution in [0.2, 0.25) is 0 Å². The molecule has 6 heteroatoms. The highest BCUT2D eigenvalue weighted by Crippen LogP contribution is 2.23. The van der Waals surface area contributed by atoms with Gasteiger partial charge in [0.15, 0.2) is 0 Å². The zero-order valence-corrected chi connectivity index (χ0v) is 9.63. The third kappa shape index (κ3) is 1.85. The highest BCUT2D eigenvalue weighted by atomic mass is 127. The highest BCUT2D eigenvalue weighted by Gasteiger charge is 2.09. The number of halogens is 2. The standard InChI is InChI=1S/C8H3FINO2S/c9-4-1-2-5(6(10)3-4)7-11-14-8(12)13-7/h1-3H. The summed E-state index contributed by atoms with van der Waals surface area (Å²) in [6.07, 6.45) is 0. The molecule has 0 N–H and O–H groups in total. The van der Waals surface area contributed by atoms with E-state index in [1.54, 1.807) is 0 Å². The van der Waals surface area contributed by atoms with Gasteiger partial charge in [-0.3, -0.25) is 0 Å². The van der Waals surface area contributed by atoms with Gasteiger partial charge in [0.2, 0.25) is 5.89 Å². The largest absolute Gasteiger partial charge is 0.414 e. The topological polar surface area (TPSA) is 43.1 Å². The molecule has 2 aromatic rings. The maximum Gasteiger partial charge on any atom is 0.414 e. The van der Waals surface area contributed by atoms with E-state index in [-0.39, 0.29) is 11.7 Å². The van der Waals surface area contributed by atoms with Gasteiger partial charge in [0.05, 0.1) is 17.1 Å². The Balaban J connectivity index is 2.57. The molecule has 0 aliphatic heterocycles. The van der Waals surface area contributed by atoms with Crippen LogP contribution in [-0.2, 0) is 0 Å². The number of hydrogen-bond acceptors (Lipinski definition) is 4. The van der Waals surface area contributed by atoms with Crippen molar-refractivity contribution >= 4 is 34.1 Å². The summed E-state index contributed by atoms with van der Waals surface area (Å²) in [5.41, 5.74) is 0.630. The van der Waals surface area contributed by atoms with E-state index in [1.165, 1.54) is 18.2 Å². The molecule has 0 aliphatic carbocycles. The first-order valence-corrected chi connectivity index (χ1v) is 5.44. The maximum atomic E-state index is 12.8. The average molecular weight is 323 g/mol. The summed E-state index contributed by atoms with van der Waals surface area (Å²) in [6.45, 7) is 0. The molecule has 0 radical (unpaired) electrons. The van der Waals surface area contributed by atoms with Gasteiger partial charge in [-0.1, -0.05) is 0 Å². The fourth-order valence-electron chi connectivity index (χ4n) is 0.962. The van der Waals surface area contributed by atoms with Crippen LogP contribution in [0.1, 0.15) is 0 Å². The molecule has 1 aromatic carbocycles. The molecule has 2 rings (SSSR count). The van der Waals surface area contributed by atoms with Crippen LogP contribution < -0.4 is 4.94 Å². The predicted octanol–water partition coefficient (Wildman–Crippen LogP) is 2.51. The molecule has 1 heterocycles. The number of aromatic nitrogens is 1. The van der Waals surface area contributed by atoms with Crippen LogP contribution in [0, 0.1) is 9.39 Å². The molecule has 3 nitrogen and oxygen atoms in total. The molecular formula is C8H3FINO2S. The van der Waals surface area contributed by atoms with Crippen molar-refractivity contribution in [2.45, 2.75) is 0 Å². The normalized spacial score (nSPS) is 10.4. The van der Waals surface area contributed by atoms with Crippen molar-refractivity contribution in [1.29, 1.82) is 0 Å². The minimum absolute atomic E-state index is 0.240. The zero-order valence-electron chi connectivity index (χ0n) is 6.66. The minimum atomic E-state index is -0.458. The molecule has 0 saturated carbocycles. The molecular weight excluding hydrogens is 320 g/mol. The van der Waals surface area contributed by atoms with Crippen LogP contribution in [0.15, 0.2) is 27.4 Å². The van der Waals surface area contributed by atoms with Crippen LogP contribution in [0.5, 0.6) is 0 Å². The molecule has 0 atom stereocenters. The third-order valence-electron chi connectivity index (χ3n) is 1.54. The molecule has 72 valence electrons. The Morgan fingerprint density at radius 1 is 1.50 bits per heavy atom. The van der Waals surface area contributed by atoms with E-state index in [1.807, 2.05) is 22.6 Å². The second-order valence-electron chi connectivity index (χ2n) is 2.46. The van der Waals surface area contributed by atoms with Crippen LogP contribution >= 0.6 is 34.1 Å². The molecule has 1 aromatic heterocycles. The molecule has 0 amide bonds. The van der Waals surface area contributed by atoms with Gasteiger partial charge < -0.3 is 4.42 Å². The Hall–Kier alpha value is -0.760. The maximum absolute atomic E-state index is 12.8. The fraction of sp³-hybridized carbons (Fsp3) is 0. The van der Waals surface area contributed by atoms with Crippen molar-refractivity contribution in [3.63, 3.8) is 0 Å². The van der Waals surface area contributed by atoms with Crippen molar-refractivity contribution in [3.05, 3.63) is 37.3 Å². The lowest BCUT2D eigenvalue weighted by Gasteiger charge is -1.97. The first-order chi connectivity index (χ1) is 6.66. The van der Waals surface area contributed by atoms with E-state index in [9.17, 15) is 9.18 Å². The van der Waals surface area contributed by atoms with Crippen molar-refractivity contribution in [2.24, 2.45) is 0 Å². The minimum Gasteiger partial charge on any atom is -0.394 e. The Morgan fingerprint density at radius 2 is 2.29 bits per heavy atom. The second kappa shape index (κ2) is 3.77.